The number of para-hydroxylation sites is 2. The predicted molar refractivity (Wildman–Crippen MR) is 116 cm³/mol. The predicted octanol–water partition coefficient (Wildman–Crippen LogP) is 6.58. The number of benzene rings is 2. The third kappa shape index (κ3) is 6.10. The summed E-state index contributed by atoms with van der Waals surface area (Å²) in [6.07, 6.45) is -2.95. The maximum Gasteiger partial charge on any atom is 0.421 e. The van der Waals surface area contributed by atoms with Crippen LogP contribution in [0.5, 0.6) is 5.75 Å². The molecule has 0 saturated carbocycles. The summed E-state index contributed by atoms with van der Waals surface area (Å²) in [5.41, 5.74) is 1.27. The smallest absolute Gasteiger partial charge is 0.421 e. The van der Waals surface area contributed by atoms with Crippen LogP contribution in [0.15, 0.2) is 54.7 Å². The summed E-state index contributed by atoms with van der Waals surface area (Å²) >= 11 is 0. The normalized spacial score (nSPS) is 11.5. The Labute approximate surface area is 179 Å². The first kappa shape index (κ1) is 22.4. The molecule has 1 aromatic heterocycles. The van der Waals surface area contributed by atoms with Gasteiger partial charge in [0.25, 0.3) is 0 Å². The number of nitrogens with one attached hydrogen (secondary N) is 2. The van der Waals surface area contributed by atoms with Crippen LogP contribution < -0.4 is 15.4 Å². The summed E-state index contributed by atoms with van der Waals surface area (Å²) in [6.45, 7) is 6.47. The van der Waals surface area contributed by atoms with Gasteiger partial charge in [0.2, 0.25) is 5.95 Å². The Morgan fingerprint density at radius 2 is 1.71 bits per heavy atom. The fraction of sp³-hybridized carbons (Fsp3) is 0.304. The van der Waals surface area contributed by atoms with Gasteiger partial charge >= 0.3 is 6.18 Å². The van der Waals surface area contributed by atoms with Gasteiger partial charge in [0.1, 0.15) is 17.1 Å². The lowest BCUT2D eigenvalue weighted by Gasteiger charge is -2.17. The number of aryl methyl sites for hydroxylation is 1. The van der Waals surface area contributed by atoms with E-state index in [9.17, 15) is 13.2 Å². The van der Waals surface area contributed by atoms with E-state index in [0.717, 1.165) is 18.2 Å². The summed E-state index contributed by atoms with van der Waals surface area (Å²) < 4.78 is 46.5. The Morgan fingerprint density at radius 1 is 1.00 bits per heavy atom. The van der Waals surface area contributed by atoms with E-state index >= 15 is 0 Å². The van der Waals surface area contributed by atoms with E-state index in [4.69, 9.17) is 4.74 Å². The molecule has 0 aliphatic carbocycles. The van der Waals surface area contributed by atoms with Crippen LogP contribution in [0.25, 0.3) is 0 Å². The van der Waals surface area contributed by atoms with Crippen molar-refractivity contribution in [1.82, 2.24) is 9.97 Å². The average Bonchev–Trinajstić information content (AvgIpc) is 2.73. The Balaban J connectivity index is 1.91. The lowest BCUT2D eigenvalue weighted by Crippen LogP contribution is -2.13. The molecular formula is C23H25F3N4O. The summed E-state index contributed by atoms with van der Waals surface area (Å²) in [7, 11) is 0. The zero-order valence-corrected chi connectivity index (χ0v) is 17.6. The highest BCUT2D eigenvalue weighted by atomic mass is 19.4. The lowest BCUT2D eigenvalue weighted by molar-refractivity contribution is -0.137. The molecule has 0 atom stereocenters. The van der Waals surface area contributed by atoms with Crippen LogP contribution in [0.3, 0.4) is 0 Å². The maximum absolute atomic E-state index is 13.6. The van der Waals surface area contributed by atoms with Crippen molar-refractivity contribution >= 4 is 23.1 Å². The molecule has 0 amide bonds. The number of hydrogen-bond donors (Lipinski definition) is 2. The van der Waals surface area contributed by atoms with Gasteiger partial charge in [0.05, 0.1) is 12.3 Å². The molecule has 0 spiro atoms. The van der Waals surface area contributed by atoms with Gasteiger partial charge in [-0.05, 0) is 42.2 Å². The monoisotopic (exact) mass is 430 g/mol. The Morgan fingerprint density at radius 3 is 2.35 bits per heavy atom. The molecule has 0 aliphatic heterocycles. The second kappa shape index (κ2) is 9.68. The number of alkyl halides is 3. The molecule has 0 saturated heterocycles. The van der Waals surface area contributed by atoms with Crippen molar-refractivity contribution < 1.29 is 17.9 Å². The van der Waals surface area contributed by atoms with Gasteiger partial charge < -0.3 is 15.4 Å². The van der Waals surface area contributed by atoms with Gasteiger partial charge in [-0.15, -0.1) is 0 Å². The molecule has 1 heterocycles. The summed E-state index contributed by atoms with van der Waals surface area (Å²) in [6, 6.07) is 14.4. The van der Waals surface area contributed by atoms with Gasteiger partial charge in [-0.2, -0.15) is 18.2 Å². The highest BCUT2D eigenvalue weighted by molar-refractivity contribution is 5.67. The van der Waals surface area contributed by atoms with Crippen molar-refractivity contribution in [1.29, 1.82) is 0 Å². The molecule has 31 heavy (non-hydrogen) atoms. The molecule has 0 aliphatic rings. The molecular weight excluding hydrogens is 405 g/mol. The van der Waals surface area contributed by atoms with Gasteiger partial charge in [-0.1, -0.05) is 45.0 Å². The highest BCUT2D eigenvalue weighted by Crippen LogP contribution is 2.37. The minimum atomic E-state index is -4.61. The average molecular weight is 430 g/mol. The van der Waals surface area contributed by atoms with Crippen molar-refractivity contribution in [3.8, 4) is 5.75 Å². The van der Waals surface area contributed by atoms with E-state index in [0.29, 0.717) is 23.7 Å². The van der Waals surface area contributed by atoms with Crippen LogP contribution in [0.4, 0.5) is 36.3 Å². The second-order valence-corrected chi connectivity index (χ2v) is 7.46. The summed E-state index contributed by atoms with van der Waals surface area (Å²) in [5.74, 6) is 0.427. The van der Waals surface area contributed by atoms with Gasteiger partial charge in [0, 0.05) is 11.9 Å². The molecule has 3 rings (SSSR count). The number of ether oxygens (including phenoxy) is 1. The van der Waals surface area contributed by atoms with Crippen LogP contribution in [-0.4, -0.2) is 16.6 Å². The molecule has 2 N–H and O–H groups in total. The molecule has 2 aromatic carbocycles. The number of rotatable bonds is 8. The third-order valence-electron chi connectivity index (χ3n) is 4.42. The van der Waals surface area contributed by atoms with E-state index in [-0.39, 0.29) is 17.7 Å². The number of anilines is 4. The Kier molecular flexibility index (Phi) is 6.99. The zero-order valence-electron chi connectivity index (χ0n) is 17.6. The Hall–Kier alpha value is -3.29. The number of hydrogen-bond acceptors (Lipinski definition) is 5. The fourth-order valence-electron chi connectivity index (χ4n) is 2.78. The second-order valence-electron chi connectivity index (χ2n) is 7.46. The number of nitrogens with zero attached hydrogens (tertiary/aromatic N) is 2. The van der Waals surface area contributed by atoms with Crippen molar-refractivity contribution in [3.05, 3.63) is 65.9 Å². The van der Waals surface area contributed by atoms with Crippen molar-refractivity contribution in [2.24, 2.45) is 5.92 Å². The molecule has 3 aromatic rings. The molecule has 0 unspecified atom stereocenters. The van der Waals surface area contributed by atoms with E-state index in [2.05, 4.69) is 20.6 Å². The minimum absolute atomic E-state index is 0.0559. The fourth-order valence-corrected chi connectivity index (χ4v) is 2.78. The molecule has 0 radical (unpaired) electrons. The number of halogens is 3. The first-order valence-corrected chi connectivity index (χ1v) is 10.0. The van der Waals surface area contributed by atoms with Crippen LogP contribution in [0, 0.1) is 5.92 Å². The molecule has 0 bridgehead atoms. The van der Waals surface area contributed by atoms with Gasteiger partial charge in [-0.3, -0.25) is 0 Å². The SMILES string of the molecule is CCc1ccc(Nc2ncc(C(F)(F)F)c(Nc3ccccc3OCC(C)C)n2)cc1. The molecule has 164 valence electrons. The maximum atomic E-state index is 13.6. The quantitative estimate of drug-likeness (QED) is 0.423. The van der Waals surface area contributed by atoms with E-state index in [1.165, 1.54) is 0 Å². The van der Waals surface area contributed by atoms with E-state index in [1.54, 1.807) is 24.3 Å². The molecule has 0 fully saturated rings. The molecule has 8 heteroatoms. The van der Waals surface area contributed by atoms with Crippen LogP contribution >= 0.6 is 0 Å². The van der Waals surface area contributed by atoms with Crippen LogP contribution in [0.1, 0.15) is 31.9 Å². The van der Waals surface area contributed by atoms with E-state index in [1.807, 2.05) is 45.0 Å². The zero-order chi connectivity index (χ0) is 22.4. The summed E-state index contributed by atoms with van der Waals surface area (Å²) in [5, 5.41) is 5.73. The Bertz CT molecular complexity index is 1000. The van der Waals surface area contributed by atoms with Crippen molar-refractivity contribution in [3.63, 3.8) is 0 Å². The van der Waals surface area contributed by atoms with E-state index < -0.39 is 11.7 Å². The minimum Gasteiger partial charge on any atom is -0.491 e. The van der Waals surface area contributed by atoms with Crippen LogP contribution in [0.2, 0.25) is 0 Å². The standard InChI is InChI=1S/C23H25F3N4O/c1-4-16-9-11-17(12-10-16)28-22-27-13-18(23(24,25)26)21(30-22)29-19-7-5-6-8-20(19)31-14-15(2)3/h5-13,15H,4,14H2,1-3H3,(H2,27,28,29,30). The largest absolute Gasteiger partial charge is 0.491 e. The highest BCUT2D eigenvalue weighted by Gasteiger charge is 2.35. The first-order chi connectivity index (χ1) is 14.8. The lowest BCUT2D eigenvalue weighted by atomic mass is 10.1. The third-order valence-corrected chi connectivity index (χ3v) is 4.42. The van der Waals surface area contributed by atoms with Crippen molar-refractivity contribution in [2.45, 2.75) is 33.4 Å². The van der Waals surface area contributed by atoms with Gasteiger partial charge in [0.15, 0.2) is 0 Å². The van der Waals surface area contributed by atoms with Crippen LogP contribution in [-0.2, 0) is 12.6 Å². The first-order valence-electron chi connectivity index (χ1n) is 10.0. The van der Waals surface area contributed by atoms with Crippen molar-refractivity contribution in [2.75, 3.05) is 17.2 Å². The topological polar surface area (TPSA) is 59.1 Å². The number of aromatic nitrogens is 2. The van der Waals surface area contributed by atoms with Gasteiger partial charge in [-0.25, -0.2) is 4.98 Å². The molecule has 5 nitrogen and oxygen atoms in total. The summed E-state index contributed by atoms with van der Waals surface area (Å²) in [4.78, 5) is 7.95.